The monoisotopic (exact) mass is 393 g/mol. The summed E-state index contributed by atoms with van der Waals surface area (Å²) in [5, 5.41) is 3.58. The van der Waals surface area contributed by atoms with E-state index in [1.54, 1.807) is 20.8 Å². The van der Waals surface area contributed by atoms with Crippen molar-refractivity contribution in [2.24, 2.45) is 5.73 Å². The molecule has 0 fully saturated rings. The molecule has 0 aliphatic carbocycles. The molecule has 1 aromatic heterocycles. The van der Waals surface area contributed by atoms with Crippen molar-refractivity contribution in [3.05, 3.63) is 78.0 Å². The first-order valence-electron chi connectivity index (χ1n) is 8.55. The van der Waals surface area contributed by atoms with Crippen LogP contribution in [0.4, 0.5) is 13.2 Å². The molecule has 0 saturated heterocycles. The van der Waals surface area contributed by atoms with Crippen molar-refractivity contribution in [1.29, 1.82) is 0 Å². The number of rotatable bonds is 4. The average molecular weight is 393 g/mol. The zero-order chi connectivity index (χ0) is 21.9. The molecule has 0 bridgehead atoms. The number of hydrogen-bond donors (Lipinski definition) is 1. The molecule has 2 aromatic rings. The zero-order valence-corrected chi connectivity index (χ0v) is 16.8. The van der Waals surface area contributed by atoms with Gasteiger partial charge in [0.25, 0.3) is 5.89 Å². The van der Waals surface area contributed by atoms with Crippen LogP contribution < -0.4 is 5.73 Å². The molecule has 2 rings (SSSR count). The SMILES string of the molecule is C=C/C(C)=C(/F)C=C.CC.CC(C)=C(N)c1nc(-c2cc(F)ccc2F)no1. The summed E-state index contributed by atoms with van der Waals surface area (Å²) in [5.74, 6) is -1.45. The minimum atomic E-state index is -0.625. The summed E-state index contributed by atoms with van der Waals surface area (Å²) in [4.78, 5) is 3.94. The third-order valence-electron chi connectivity index (χ3n) is 3.23. The Morgan fingerprint density at radius 2 is 1.71 bits per heavy atom. The number of aromatic nitrogens is 2. The second kappa shape index (κ2) is 12.3. The lowest BCUT2D eigenvalue weighted by molar-refractivity contribution is 0.407. The first kappa shape index (κ1) is 24.9. The molecule has 0 spiro atoms. The molecule has 152 valence electrons. The van der Waals surface area contributed by atoms with Gasteiger partial charge in [-0.2, -0.15) is 4.98 Å². The molecule has 28 heavy (non-hydrogen) atoms. The van der Waals surface area contributed by atoms with Crippen LogP contribution in [-0.2, 0) is 0 Å². The summed E-state index contributed by atoms with van der Waals surface area (Å²) in [6.45, 7) is 15.8. The van der Waals surface area contributed by atoms with E-state index in [1.165, 1.54) is 6.08 Å². The maximum Gasteiger partial charge on any atom is 0.274 e. The van der Waals surface area contributed by atoms with Gasteiger partial charge in [-0.25, -0.2) is 13.2 Å². The largest absolute Gasteiger partial charge is 0.394 e. The number of nitrogens with zero attached hydrogens (tertiary/aromatic N) is 2. The summed E-state index contributed by atoms with van der Waals surface area (Å²) in [5.41, 5.74) is 7.30. The van der Waals surface area contributed by atoms with Crippen LogP contribution in [0.3, 0.4) is 0 Å². The van der Waals surface area contributed by atoms with E-state index in [1.807, 2.05) is 13.8 Å². The van der Waals surface area contributed by atoms with Crippen molar-refractivity contribution < 1.29 is 17.7 Å². The number of benzene rings is 1. The van der Waals surface area contributed by atoms with Crippen LogP contribution in [0.25, 0.3) is 17.1 Å². The topological polar surface area (TPSA) is 64.9 Å². The first-order valence-corrected chi connectivity index (χ1v) is 8.55. The second-order valence-corrected chi connectivity index (χ2v) is 5.40. The predicted molar refractivity (Wildman–Crippen MR) is 108 cm³/mol. The summed E-state index contributed by atoms with van der Waals surface area (Å²) < 4.78 is 43.7. The van der Waals surface area contributed by atoms with E-state index < -0.39 is 11.6 Å². The molecule has 1 aromatic carbocycles. The summed E-state index contributed by atoms with van der Waals surface area (Å²) in [6, 6.07) is 3.03. The molecule has 0 unspecified atom stereocenters. The van der Waals surface area contributed by atoms with Gasteiger partial charge in [-0.1, -0.05) is 38.2 Å². The molecular formula is C21H26F3N3O. The molecule has 2 N–H and O–H groups in total. The molecule has 7 heteroatoms. The van der Waals surface area contributed by atoms with E-state index in [0.29, 0.717) is 11.3 Å². The van der Waals surface area contributed by atoms with Crippen LogP contribution >= 0.6 is 0 Å². The summed E-state index contributed by atoms with van der Waals surface area (Å²) in [7, 11) is 0. The van der Waals surface area contributed by atoms with E-state index >= 15 is 0 Å². The van der Waals surface area contributed by atoms with Crippen LogP contribution in [0, 0.1) is 11.6 Å². The standard InChI is InChI=1S/C12H11F2N3O.C7H9F.C2H6/c1-6(2)10(15)12-16-11(17-18-12)8-5-7(13)3-4-9(8)14;1-4-6(3)7(8)5-2;1-2/h3-5H,15H2,1-2H3;4-5H,1-2H2,3H3;1-2H3/b;7-6+;. The molecule has 1 heterocycles. The summed E-state index contributed by atoms with van der Waals surface area (Å²) in [6.07, 6.45) is 2.62. The Hall–Kier alpha value is -3.09. The molecule has 0 aliphatic heterocycles. The van der Waals surface area contributed by atoms with E-state index in [2.05, 4.69) is 23.3 Å². The minimum absolute atomic E-state index is 0.0359. The lowest BCUT2D eigenvalue weighted by Gasteiger charge is -1.97. The highest BCUT2D eigenvalue weighted by molar-refractivity contribution is 5.61. The Labute approximate surface area is 164 Å². The van der Waals surface area contributed by atoms with Crippen molar-refractivity contribution in [1.82, 2.24) is 10.1 Å². The van der Waals surface area contributed by atoms with Crippen molar-refractivity contribution >= 4 is 5.70 Å². The van der Waals surface area contributed by atoms with Gasteiger partial charge in [0, 0.05) is 0 Å². The van der Waals surface area contributed by atoms with Crippen molar-refractivity contribution in [3.63, 3.8) is 0 Å². The molecule has 0 radical (unpaired) electrons. The Kier molecular flexibility index (Phi) is 11.0. The van der Waals surface area contributed by atoms with Gasteiger partial charge in [0.05, 0.1) is 11.3 Å². The van der Waals surface area contributed by atoms with Crippen molar-refractivity contribution in [3.8, 4) is 11.4 Å². The van der Waals surface area contributed by atoms with Gasteiger partial charge in [0.15, 0.2) is 0 Å². The number of allylic oxidation sites excluding steroid dienone is 5. The van der Waals surface area contributed by atoms with Crippen LogP contribution in [-0.4, -0.2) is 10.1 Å². The minimum Gasteiger partial charge on any atom is -0.394 e. The highest BCUT2D eigenvalue weighted by Crippen LogP contribution is 2.22. The Bertz CT molecular complexity index is 848. The lowest BCUT2D eigenvalue weighted by atomic mass is 10.2. The Morgan fingerprint density at radius 1 is 1.11 bits per heavy atom. The van der Waals surface area contributed by atoms with E-state index in [-0.39, 0.29) is 23.1 Å². The number of nitrogens with two attached hydrogens (primary N) is 1. The van der Waals surface area contributed by atoms with Crippen LogP contribution in [0.5, 0.6) is 0 Å². The highest BCUT2D eigenvalue weighted by atomic mass is 19.1. The number of halogens is 3. The summed E-state index contributed by atoms with van der Waals surface area (Å²) >= 11 is 0. The van der Waals surface area contributed by atoms with Crippen LogP contribution in [0.15, 0.2) is 65.0 Å². The van der Waals surface area contributed by atoms with Crippen molar-refractivity contribution in [2.45, 2.75) is 34.6 Å². The van der Waals surface area contributed by atoms with Crippen LogP contribution in [0.1, 0.15) is 40.5 Å². The fourth-order valence-corrected chi connectivity index (χ4v) is 1.58. The molecule has 4 nitrogen and oxygen atoms in total. The molecule has 0 amide bonds. The molecular weight excluding hydrogens is 367 g/mol. The third-order valence-corrected chi connectivity index (χ3v) is 3.23. The van der Waals surface area contributed by atoms with Gasteiger partial charge >= 0.3 is 0 Å². The Morgan fingerprint density at radius 3 is 2.18 bits per heavy atom. The van der Waals surface area contributed by atoms with Gasteiger partial charge in [0.1, 0.15) is 17.5 Å². The van der Waals surface area contributed by atoms with Crippen molar-refractivity contribution in [2.75, 3.05) is 0 Å². The molecule has 0 atom stereocenters. The van der Waals surface area contributed by atoms with Gasteiger partial charge in [0.2, 0.25) is 5.82 Å². The first-order chi connectivity index (χ1) is 13.2. The normalized spacial score (nSPS) is 10.4. The predicted octanol–water partition coefficient (Wildman–Crippen LogP) is 6.35. The molecule has 0 saturated carbocycles. The smallest absolute Gasteiger partial charge is 0.274 e. The van der Waals surface area contributed by atoms with E-state index in [0.717, 1.165) is 29.8 Å². The quantitative estimate of drug-likeness (QED) is 0.615. The van der Waals surface area contributed by atoms with Gasteiger partial charge in [-0.3, -0.25) is 0 Å². The Balaban J connectivity index is 0.000000618. The lowest BCUT2D eigenvalue weighted by Crippen LogP contribution is -1.98. The van der Waals surface area contributed by atoms with E-state index in [9.17, 15) is 13.2 Å². The fourth-order valence-electron chi connectivity index (χ4n) is 1.58. The maximum atomic E-state index is 13.5. The highest BCUT2D eigenvalue weighted by Gasteiger charge is 2.15. The van der Waals surface area contributed by atoms with Gasteiger partial charge < -0.3 is 10.3 Å². The van der Waals surface area contributed by atoms with Gasteiger partial charge in [-0.15, -0.1) is 0 Å². The fraction of sp³-hybridized carbons (Fsp3) is 0.238. The third kappa shape index (κ3) is 7.26. The second-order valence-electron chi connectivity index (χ2n) is 5.40. The van der Waals surface area contributed by atoms with Crippen LogP contribution in [0.2, 0.25) is 0 Å². The van der Waals surface area contributed by atoms with Gasteiger partial charge in [-0.05, 0) is 56.2 Å². The average Bonchev–Trinajstić information content (AvgIpc) is 3.19. The number of hydrogen-bond acceptors (Lipinski definition) is 4. The zero-order valence-electron chi connectivity index (χ0n) is 16.8. The maximum absolute atomic E-state index is 13.5. The van der Waals surface area contributed by atoms with E-state index in [4.69, 9.17) is 10.3 Å². The molecule has 0 aliphatic rings.